The first-order chi connectivity index (χ1) is 8.25. The number of halogens is 2. The average molecular weight is 247 g/mol. The van der Waals surface area contributed by atoms with Crippen LogP contribution in [0.25, 0.3) is 0 Å². The van der Waals surface area contributed by atoms with Crippen LogP contribution >= 0.6 is 0 Å². The minimum Gasteiger partial charge on any atom is -0.380 e. The van der Waals surface area contributed by atoms with Gasteiger partial charge in [0.1, 0.15) is 5.82 Å². The van der Waals surface area contributed by atoms with Gasteiger partial charge in [0.25, 0.3) is 0 Å². The molecule has 0 saturated heterocycles. The number of nitrogens with zero attached hydrogens (tertiary/aromatic N) is 2. The Balaban J connectivity index is 2.11. The standard InChI is InChI=1S/C11H19F2N3O/c1-2-3-7-17-8-5-14-9-10-15-4-6-16(10)11(12)13/h4,6,11,14H,2-3,5,7-9H2,1H3. The minimum absolute atomic E-state index is 0.328. The number of hydrogen-bond acceptors (Lipinski definition) is 3. The highest BCUT2D eigenvalue weighted by Crippen LogP contribution is 2.11. The third-order valence-electron chi connectivity index (χ3n) is 2.31. The molecular weight excluding hydrogens is 228 g/mol. The largest absolute Gasteiger partial charge is 0.380 e. The Labute approximate surface area is 100.0 Å². The summed E-state index contributed by atoms with van der Waals surface area (Å²) in [6, 6.07) is 0. The van der Waals surface area contributed by atoms with Crippen molar-refractivity contribution < 1.29 is 13.5 Å². The Morgan fingerprint density at radius 2 is 2.29 bits per heavy atom. The molecule has 0 unspecified atom stereocenters. The van der Waals surface area contributed by atoms with Gasteiger partial charge in [-0.25, -0.2) is 4.98 Å². The summed E-state index contributed by atoms with van der Waals surface area (Å²) in [6.45, 7) is 1.88. The van der Waals surface area contributed by atoms with Crippen molar-refractivity contribution in [3.8, 4) is 0 Å². The zero-order valence-corrected chi connectivity index (χ0v) is 10.0. The maximum absolute atomic E-state index is 12.4. The molecule has 0 atom stereocenters. The van der Waals surface area contributed by atoms with Crippen molar-refractivity contribution >= 4 is 0 Å². The predicted molar refractivity (Wildman–Crippen MR) is 60.9 cm³/mol. The molecule has 0 aliphatic heterocycles. The molecule has 4 nitrogen and oxygen atoms in total. The second-order valence-electron chi connectivity index (χ2n) is 3.67. The second kappa shape index (κ2) is 8.14. The molecular formula is C11H19F2N3O. The van der Waals surface area contributed by atoms with Crippen LogP contribution in [0.3, 0.4) is 0 Å². The van der Waals surface area contributed by atoms with Gasteiger partial charge < -0.3 is 10.1 Å². The lowest BCUT2D eigenvalue weighted by molar-refractivity contribution is 0.0664. The molecule has 0 bridgehead atoms. The monoisotopic (exact) mass is 247 g/mol. The summed E-state index contributed by atoms with van der Waals surface area (Å²) in [4.78, 5) is 3.86. The van der Waals surface area contributed by atoms with Crippen molar-refractivity contribution in [2.24, 2.45) is 0 Å². The van der Waals surface area contributed by atoms with E-state index < -0.39 is 6.55 Å². The van der Waals surface area contributed by atoms with Gasteiger partial charge >= 0.3 is 6.55 Å². The van der Waals surface area contributed by atoms with Gasteiger partial charge in [-0.3, -0.25) is 4.57 Å². The number of nitrogens with one attached hydrogen (secondary N) is 1. The summed E-state index contributed by atoms with van der Waals surface area (Å²) in [5, 5.41) is 3.02. The number of imidazole rings is 1. The molecule has 0 aromatic carbocycles. The molecule has 0 saturated carbocycles. The van der Waals surface area contributed by atoms with Crippen molar-refractivity contribution in [1.82, 2.24) is 14.9 Å². The van der Waals surface area contributed by atoms with Crippen molar-refractivity contribution in [1.29, 1.82) is 0 Å². The number of aromatic nitrogens is 2. The molecule has 17 heavy (non-hydrogen) atoms. The quantitative estimate of drug-likeness (QED) is 0.680. The first kappa shape index (κ1) is 14.1. The van der Waals surface area contributed by atoms with Crippen LogP contribution in [0.4, 0.5) is 8.78 Å². The van der Waals surface area contributed by atoms with Crippen LogP contribution < -0.4 is 5.32 Å². The van der Waals surface area contributed by atoms with Gasteiger partial charge in [0.15, 0.2) is 0 Å². The van der Waals surface area contributed by atoms with E-state index in [1.165, 1.54) is 12.4 Å². The smallest absolute Gasteiger partial charge is 0.319 e. The van der Waals surface area contributed by atoms with Crippen molar-refractivity contribution in [3.63, 3.8) is 0 Å². The highest BCUT2D eigenvalue weighted by atomic mass is 19.3. The zero-order chi connectivity index (χ0) is 12.5. The SMILES string of the molecule is CCCCOCCNCc1nccn1C(F)F. The van der Waals surface area contributed by atoms with Gasteiger partial charge in [-0.1, -0.05) is 13.3 Å². The Morgan fingerprint density at radius 3 is 3.00 bits per heavy atom. The van der Waals surface area contributed by atoms with Crippen LogP contribution in [0, 0.1) is 0 Å². The normalized spacial score (nSPS) is 11.3. The van der Waals surface area contributed by atoms with Crippen molar-refractivity contribution in [3.05, 3.63) is 18.2 Å². The number of alkyl halides is 2. The number of unbranched alkanes of at least 4 members (excludes halogenated alkanes) is 1. The Kier molecular flexibility index (Phi) is 6.73. The predicted octanol–water partition coefficient (Wildman–Crippen LogP) is 2.18. The van der Waals surface area contributed by atoms with Crippen LogP contribution in [0.15, 0.2) is 12.4 Å². The number of hydrogen-bond donors (Lipinski definition) is 1. The second-order valence-corrected chi connectivity index (χ2v) is 3.67. The van der Waals surface area contributed by atoms with E-state index in [2.05, 4.69) is 17.2 Å². The lowest BCUT2D eigenvalue weighted by Crippen LogP contribution is -2.22. The van der Waals surface area contributed by atoms with E-state index in [0.29, 0.717) is 25.5 Å². The molecule has 0 spiro atoms. The van der Waals surface area contributed by atoms with E-state index in [4.69, 9.17) is 4.74 Å². The van der Waals surface area contributed by atoms with Crippen molar-refractivity contribution in [2.45, 2.75) is 32.9 Å². The molecule has 0 aliphatic carbocycles. The topological polar surface area (TPSA) is 39.1 Å². The first-order valence-corrected chi connectivity index (χ1v) is 5.84. The highest BCUT2D eigenvalue weighted by molar-refractivity contribution is 4.92. The van der Waals surface area contributed by atoms with E-state index >= 15 is 0 Å². The van der Waals surface area contributed by atoms with Gasteiger partial charge in [0, 0.05) is 25.5 Å². The molecule has 1 aromatic heterocycles. The molecule has 0 radical (unpaired) electrons. The maximum Gasteiger partial charge on any atom is 0.319 e. The third kappa shape index (κ3) is 5.23. The summed E-state index contributed by atoms with van der Waals surface area (Å²) < 4.78 is 31.1. The van der Waals surface area contributed by atoms with Crippen LogP contribution in [0.2, 0.25) is 0 Å². The molecule has 1 aromatic rings. The molecule has 98 valence electrons. The van der Waals surface area contributed by atoms with Gasteiger partial charge in [-0.15, -0.1) is 0 Å². The lowest BCUT2D eigenvalue weighted by Gasteiger charge is -2.08. The van der Waals surface area contributed by atoms with Crippen LogP contribution in [-0.4, -0.2) is 29.3 Å². The van der Waals surface area contributed by atoms with Gasteiger partial charge in [-0.2, -0.15) is 8.78 Å². The minimum atomic E-state index is -2.53. The summed E-state index contributed by atoms with van der Waals surface area (Å²) in [5.41, 5.74) is 0. The van der Waals surface area contributed by atoms with Crippen LogP contribution in [0.5, 0.6) is 0 Å². The van der Waals surface area contributed by atoms with E-state index in [1.807, 2.05) is 0 Å². The van der Waals surface area contributed by atoms with Crippen LogP contribution in [-0.2, 0) is 11.3 Å². The highest BCUT2D eigenvalue weighted by Gasteiger charge is 2.10. The number of ether oxygens (including phenoxy) is 1. The summed E-state index contributed by atoms with van der Waals surface area (Å²) in [7, 11) is 0. The molecule has 0 amide bonds. The molecule has 0 fully saturated rings. The van der Waals surface area contributed by atoms with E-state index in [0.717, 1.165) is 24.0 Å². The Bertz CT molecular complexity index is 305. The fourth-order valence-electron chi connectivity index (χ4n) is 1.35. The summed E-state index contributed by atoms with van der Waals surface area (Å²) in [6.07, 6.45) is 4.81. The van der Waals surface area contributed by atoms with E-state index in [1.54, 1.807) is 0 Å². The van der Waals surface area contributed by atoms with Gasteiger partial charge in [0.2, 0.25) is 0 Å². The van der Waals surface area contributed by atoms with Crippen molar-refractivity contribution in [2.75, 3.05) is 19.8 Å². The Morgan fingerprint density at radius 1 is 1.47 bits per heavy atom. The van der Waals surface area contributed by atoms with Gasteiger partial charge in [0.05, 0.1) is 13.2 Å². The number of rotatable bonds is 9. The maximum atomic E-state index is 12.4. The molecule has 1 N–H and O–H groups in total. The van der Waals surface area contributed by atoms with Crippen LogP contribution in [0.1, 0.15) is 32.1 Å². The fraction of sp³-hybridized carbons (Fsp3) is 0.727. The summed E-state index contributed by atoms with van der Waals surface area (Å²) >= 11 is 0. The third-order valence-corrected chi connectivity index (χ3v) is 2.31. The molecule has 1 heterocycles. The molecule has 1 rings (SSSR count). The lowest BCUT2D eigenvalue weighted by atomic mass is 10.4. The van der Waals surface area contributed by atoms with Gasteiger partial charge in [-0.05, 0) is 6.42 Å². The molecule has 6 heteroatoms. The average Bonchev–Trinajstić information content (AvgIpc) is 2.76. The Hall–Kier alpha value is -1.01. The van der Waals surface area contributed by atoms with E-state index in [9.17, 15) is 8.78 Å². The first-order valence-electron chi connectivity index (χ1n) is 5.84. The zero-order valence-electron chi connectivity index (χ0n) is 10.0. The fourth-order valence-corrected chi connectivity index (χ4v) is 1.35. The molecule has 0 aliphatic rings. The summed E-state index contributed by atoms with van der Waals surface area (Å²) in [5.74, 6) is 0.341. The van der Waals surface area contributed by atoms with E-state index in [-0.39, 0.29) is 0 Å².